The van der Waals surface area contributed by atoms with Gasteiger partial charge in [0.25, 0.3) is 17.7 Å². The van der Waals surface area contributed by atoms with Crippen LogP contribution in [0.25, 0.3) is 0 Å². The van der Waals surface area contributed by atoms with Crippen molar-refractivity contribution in [3.8, 4) is 0 Å². The quantitative estimate of drug-likeness (QED) is 0.507. The Kier molecular flexibility index (Phi) is 6.55. The molecule has 1 aliphatic rings. The van der Waals surface area contributed by atoms with Crippen LogP contribution in [-0.2, 0) is 22.4 Å². The highest BCUT2D eigenvalue weighted by Gasteiger charge is 2.27. The van der Waals surface area contributed by atoms with Crippen LogP contribution in [0.2, 0.25) is 0 Å². The van der Waals surface area contributed by atoms with Crippen LogP contribution in [0.15, 0.2) is 0 Å². The summed E-state index contributed by atoms with van der Waals surface area (Å²) in [7, 11) is 0. The van der Waals surface area contributed by atoms with Crippen LogP contribution >= 0.6 is 11.3 Å². The lowest BCUT2D eigenvalue weighted by Crippen LogP contribution is -3.14. The molecule has 0 fully saturated rings. The summed E-state index contributed by atoms with van der Waals surface area (Å²) >= 11 is 1.44. The molecule has 1 unspecified atom stereocenters. The van der Waals surface area contributed by atoms with E-state index in [1.54, 1.807) is 0 Å². The van der Waals surface area contributed by atoms with Gasteiger partial charge in [-0.1, -0.05) is 0 Å². The van der Waals surface area contributed by atoms with E-state index in [0.717, 1.165) is 34.6 Å². The van der Waals surface area contributed by atoms with Gasteiger partial charge in [-0.15, -0.1) is 11.3 Å². The number of hydrogen-bond donors (Lipinski definition) is 4. The van der Waals surface area contributed by atoms with Gasteiger partial charge in [0.1, 0.15) is 5.00 Å². The maximum atomic E-state index is 12.4. The second-order valence-corrected chi connectivity index (χ2v) is 7.76. The summed E-state index contributed by atoms with van der Waals surface area (Å²) < 4.78 is 0. The Bertz CT molecular complexity index is 669. The second-order valence-electron chi connectivity index (χ2n) is 6.65. The molecule has 0 spiro atoms. The molecule has 138 valence electrons. The van der Waals surface area contributed by atoms with E-state index in [-0.39, 0.29) is 30.9 Å². The number of hydrogen-bond acceptors (Lipinski definition) is 4. The molecule has 1 aromatic rings. The summed E-state index contributed by atoms with van der Waals surface area (Å²) in [6.07, 6.45) is 2.79. The predicted octanol–water partition coefficient (Wildman–Crippen LogP) is -0.296. The molecule has 8 heteroatoms. The van der Waals surface area contributed by atoms with Gasteiger partial charge >= 0.3 is 0 Å². The molecule has 0 radical (unpaired) electrons. The van der Waals surface area contributed by atoms with Crippen LogP contribution in [-0.4, -0.2) is 43.4 Å². The first-order chi connectivity index (χ1) is 11.8. The number of primary amides is 1. The van der Waals surface area contributed by atoms with Gasteiger partial charge in [-0.05, 0) is 45.6 Å². The van der Waals surface area contributed by atoms with Gasteiger partial charge in [0.15, 0.2) is 13.1 Å². The highest BCUT2D eigenvalue weighted by Crippen LogP contribution is 2.38. The number of amides is 3. The van der Waals surface area contributed by atoms with Gasteiger partial charge in [0.05, 0.1) is 12.1 Å². The fourth-order valence-electron chi connectivity index (χ4n) is 3.06. The average Bonchev–Trinajstić information content (AvgIpc) is 3.05. The topological polar surface area (TPSA) is 106 Å². The van der Waals surface area contributed by atoms with Crippen LogP contribution in [0.4, 0.5) is 5.00 Å². The Morgan fingerprint density at radius 3 is 2.48 bits per heavy atom. The van der Waals surface area contributed by atoms with Crippen molar-refractivity contribution in [3.05, 3.63) is 16.0 Å². The Balaban J connectivity index is 2.00. The number of anilines is 1. The first-order valence-electron chi connectivity index (χ1n) is 8.68. The summed E-state index contributed by atoms with van der Waals surface area (Å²) in [6.45, 7) is 6.80. The van der Waals surface area contributed by atoms with E-state index in [1.165, 1.54) is 11.3 Å². The predicted molar refractivity (Wildman–Crippen MR) is 98.0 cm³/mol. The largest absolute Gasteiger partial charge is 0.365 e. The third-order valence-electron chi connectivity index (χ3n) is 4.19. The number of likely N-dealkylation sites (N-methyl/N-ethyl adjacent to an activating group) is 1. The van der Waals surface area contributed by atoms with E-state index >= 15 is 0 Å². The van der Waals surface area contributed by atoms with Crippen LogP contribution in [0.5, 0.6) is 0 Å². The van der Waals surface area contributed by atoms with Crippen LogP contribution in [0.3, 0.4) is 0 Å². The SMILES string of the molecule is CC[NH+](CC(=O)Nc1sc2c(c1C(N)=O)CCC2)CC(=O)NC(C)C. The monoisotopic (exact) mass is 367 g/mol. The summed E-state index contributed by atoms with van der Waals surface area (Å²) in [5.41, 5.74) is 6.96. The average molecular weight is 367 g/mol. The Morgan fingerprint density at radius 2 is 1.88 bits per heavy atom. The smallest absolute Gasteiger partial charge is 0.280 e. The third-order valence-corrected chi connectivity index (χ3v) is 5.40. The molecule has 1 aromatic heterocycles. The van der Waals surface area contributed by atoms with Gasteiger partial charge in [0, 0.05) is 10.9 Å². The molecule has 2 rings (SSSR count). The number of nitrogens with one attached hydrogen (secondary N) is 3. The number of quaternary nitrogens is 1. The molecule has 1 aliphatic carbocycles. The van der Waals surface area contributed by atoms with Crippen LogP contribution in [0, 0.1) is 0 Å². The van der Waals surface area contributed by atoms with Crippen molar-refractivity contribution in [2.45, 2.75) is 46.1 Å². The summed E-state index contributed by atoms with van der Waals surface area (Å²) in [5, 5.41) is 6.20. The Morgan fingerprint density at radius 1 is 1.20 bits per heavy atom. The van der Waals surface area contributed by atoms with Crippen molar-refractivity contribution in [1.82, 2.24) is 5.32 Å². The standard InChI is InChI=1S/C17H26N4O3S/c1-4-21(8-13(22)19-10(2)3)9-14(23)20-17-15(16(18)24)11-6-5-7-12(11)25-17/h10H,4-9H2,1-3H3,(H2,18,24)(H,19,22)(H,20,23)/p+1. The maximum Gasteiger partial charge on any atom is 0.280 e. The fraction of sp³-hybridized carbons (Fsp3) is 0.588. The Labute approximate surface area is 151 Å². The minimum Gasteiger partial charge on any atom is -0.365 e. The van der Waals surface area contributed by atoms with Crippen molar-refractivity contribution >= 4 is 34.1 Å². The van der Waals surface area contributed by atoms with Gasteiger partial charge < -0.3 is 21.3 Å². The highest BCUT2D eigenvalue weighted by atomic mass is 32.1. The number of carbonyl (C=O) groups is 3. The number of thiophene rings is 1. The molecule has 1 atom stereocenters. The van der Waals surface area contributed by atoms with Gasteiger partial charge in [-0.2, -0.15) is 0 Å². The third kappa shape index (κ3) is 5.02. The van der Waals surface area contributed by atoms with Gasteiger partial charge in [0.2, 0.25) is 0 Å². The molecule has 7 nitrogen and oxygen atoms in total. The second kappa shape index (κ2) is 8.44. The first kappa shape index (κ1) is 19.4. The molecule has 1 heterocycles. The normalized spacial score (nSPS) is 14.2. The lowest BCUT2D eigenvalue weighted by atomic mass is 10.1. The number of carbonyl (C=O) groups excluding carboxylic acids is 3. The number of rotatable bonds is 8. The molecule has 0 aromatic carbocycles. The first-order valence-corrected chi connectivity index (χ1v) is 9.50. The molecular weight excluding hydrogens is 340 g/mol. The number of fused-ring (bicyclic) bond motifs is 1. The van der Waals surface area contributed by atoms with Crippen molar-refractivity contribution in [2.24, 2.45) is 5.73 Å². The number of aryl methyl sites for hydroxylation is 1. The van der Waals surface area contributed by atoms with E-state index in [4.69, 9.17) is 5.73 Å². The molecular formula is C17H27N4O3S+. The summed E-state index contributed by atoms with van der Waals surface area (Å²) in [6, 6.07) is 0.0751. The van der Waals surface area contributed by atoms with Crippen molar-refractivity contribution in [1.29, 1.82) is 0 Å². The molecule has 0 saturated carbocycles. The van der Waals surface area contributed by atoms with Gasteiger partial charge in [-0.3, -0.25) is 14.4 Å². The van der Waals surface area contributed by atoms with Crippen molar-refractivity contribution in [3.63, 3.8) is 0 Å². The van der Waals surface area contributed by atoms with Crippen molar-refractivity contribution < 1.29 is 19.3 Å². The molecule has 0 bridgehead atoms. The fourth-order valence-corrected chi connectivity index (χ4v) is 4.37. The lowest BCUT2D eigenvalue weighted by molar-refractivity contribution is -0.881. The molecule has 3 amide bonds. The molecule has 25 heavy (non-hydrogen) atoms. The lowest BCUT2D eigenvalue weighted by Gasteiger charge is -2.17. The minimum atomic E-state index is -0.495. The molecule has 5 N–H and O–H groups in total. The highest BCUT2D eigenvalue weighted by molar-refractivity contribution is 7.17. The maximum absolute atomic E-state index is 12.4. The molecule has 0 aliphatic heterocycles. The zero-order valence-electron chi connectivity index (χ0n) is 15.0. The minimum absolute atomic E-state index is 0.0751. The van der Waals surface area contributed by atoms with E-state index in [2.05, 4.69) is 10.6 Å². The zero-order chi connectivity index (χ0) is 18.6. The Hall–Kier alpha value is -1.93. The molecule has 0 saturated heterocycles. The zero-order valence-corrected chi connectivity index (χ0v) is 15.8. The summed E-state index contributed by atoms with van der Waals surface area (Å²) in [4.78, 5) is 38.0. The van der Waals surface area contributed by atoms with E-state index in [9.17, 15) is 14.4 Å². The van der Waals surface area contributed by atoms with Crippen LogP contribution in [0.1, 0.15) is 48.0 Å². The van der Waals surface area contributed by atoms with E-state index in [0.29, 0.717) is 17.1 Å². The van der Waals surface area contributed by atoms with Crippen molar-refractivity contribution in [2.75, 3.05) is 25.0 Å². The van der Waals surface area contributed by atoms with E-state index in [1.807, 2.05) is 20.8 Å². The summed E-state index contributed by atoms with van der Waals surface area (Å²) in [5.74, 6) is -0.782. The van der Waals surface area contributed by atoms with E-state index < -0.39 is 5.91 Å². The van der Waals surface area contributed by atoms with Crippen LogP contribution < -0.4 is 21.3 Å². The number of nitrogens with two attached hydrogens (primary N) is 1. The van der Waals surface area contributed by atoms with Gasteiger partial charge in [-0.25, -0.2) is 0 Å².